The van der Waals surface area contributed by atoms with Gasteiger partial charge in [0, 0.05) is 12.3 Å². The van der Waals surface area contributed by atoms with Gasteiger partial charge < -0.3 is 15.0 Å². The molecule has 1 aromatic carbocycles. The molecule has 7 nitrogen and oxygen atoms in total. The van der Waals surface area contributed by atoms with Crippen LogP contribution in [0.4, 0.5) is 0 Å². The molecule has 2 aliphatic heterocycles. The summed E-state index contributed by atoms with van der Waals surface area (Å²) in [6.07, 6.45) is 2.97. The standard InChI is InChI=1S/C17H20N5O2P/c1-3-24-14(9-25-23)22-11-20-15-16(18-10-19-17(15)22)21-12(2)13-7-5-4-6-8-13/h4-8,10-11,14-15,17H,2-3,9H2,1H3,(H,18,19,21). The number of benzene rings is 1. The third kappa shape index (κ3) is 3.83. The van der Waals surface area contributed by atoms with Crippen molar-refractivity contribution in [3.63, 3.8) is 0 Å². The highest BCUT2D eigenvalue weighted by atomic mass is 31.1. The summed E-state index contributed by atoms with van der Waals surface area (Å²) in [7, 11) is 0.0260. The largest absolute Gasteiger partial charge is 0.358 e. The van der Waals surface area contributed by atoms with E-state index in [0.29, 0.717) is 18.6 Å². The number of ether oxygens (including phenoxy) is 1. The molecule has 1 N–H and O–H groups in total. The van der Waals surface area contributed by atoms with Gasteiger partial charge in [0.25, 0.3) is 0 Å². The number of nitrogens with zero attached hydrogens (tertiary/aromatic N) is 4. The molecule has 0 bridgehead atoms. The number of hydrogen-bond donors (Lipinski definition) is 1. The first-order valence-electron chi connectivity index (χ1n) is 8.06. The monoisotopic (exact) mass is 357 g/mol. The molecule has 2 aliphatic rings. The van der Waals surface area contributed by atoms with Gasteiger partial charge >= 0.3 is 0 Å². The van der Waals surface area contributed by atoms with Crippen LogP contribution in [0.3, 0.4) is 0 Å². The fourth-order valence-corrected chi connectivity index (χ4v) is 3.20. The van der Waals surface area contributed by atoms with Crippen LogP contribution in [0, 0.1) is 0 Å². The molecule has 3 atom stereocenters. The summed E-state index contributed by atoms with van der Waals surface area (Å²) in [6.45, 7) is 6.51. The highest BCUT2D eigenvalue weighted by molar-refractivity contribution is 7.23. The van der Waals surface area contributed by atoms with E-state index in [9.17, 15) is 4.57 Å². The summed E-state index contributed by atoms with van der Waals surface area (Å²) < 4.78 is 16.7. The van der Waals surface area contributed by atoms with E-state index in [4.69, 9.17) is 4.74 Å². The summed E-state index contributed by atoms with van der Waals surface area (Å²) in [4.78, 5) is 15.2. The van der Waals surface area contributed by atoms with Crippen molar-refractivity contribution in [2.24, 2.45) is 15.0 Å². The molecule has 3 unspecified atom stereocenters. The van der Waals surface area contributed by atoms with Crippen molar-refractivity contribution in [1.82, 2.24) is 10.2 Å². The minimum absolute atomic E-state index is 0.0260. The van der Waals surface area contributed by atoms with Crippen LogP contribution in [0.25, 0.3) is 5.70 Å². The highest BCUT2D eigenvalue weighted by Crippen LogP contribution is 2.23. The molecular weight excluding hydrogens is 337 g/mol. The second-order valence-electron chi connectivity index (χ2n) is 5.54. The first-order valence-corrected chi connectivity index (χ1v) is 9.06. The van der Waals surface area contributed by atoms with E-state index >= 15 is 0 Å². The van der Waals surface area contributed by atoms with Crippen molar-refractivity contribution in [1.29, 1.82) is 0 Å². The zero-order valence-corrected chi connectivity index (χ0v) is 14.8. The average molecular weight is 357 g/mol. The molecule has 0 fully saturated rings. The Labute approximate surface area is 148 Å². The Bertz CT molecular complexity index is 719. The molecule has 1 aromatic rings. The van der Waals surface area contributed by atoms with E-state index in [0.717, 1.165) is 11.3 Å². The van der Waals surface area contributed by atoms with Gasteiger partial charge in [0.2, 0.25) is 0 Å². The zero-order valence-electron chi connectivity index (χ0n) is 13.9. The quantitative estimate of drug-likeness (QED) is 0.760. The van der Waals surface area contributed by atoms with E-state index in [1.807, 2.05) is 42.2 Å². The zero-order chi connectivity index (χ0) is 17.6. The Morgan fingerprint density at radius 1 is 1.40 bits per heavy atom. The molecular formula is C17H20N5O2P. The molecule has 0 aliphatic carbocycles. The average Bonchev–Trinajstić information content (AvgIpc) is 3.07. The van der Waals surface area contributed by atoms with E-state index in [2.05, 4.69) is 26.9 Å². The molecule has 0 radical (unpaired) electrons. The third-order valence-corrected chi connectivity index (χ3v) is 4.43. The van der Waals surface area contributed by atoms with Crippen molar-refractivity contribution in [3.05, 3.63) is 42.5 Å². The molecule has 0 saturated carbocycles. The minimum atomic E-state index is -0.336. The highest BCUT2D eigenvalue weighted by Gasteiger charge is 2.39. The number of amidine groups is 1. The summed E-state index contributed by atoms with van der Waals surface area (Å²) in [5.74, 6) is 0.683. The molecule has 0 spiro atoms. The minimum Gasteiger partial charge on any atom is -0.358 e. The lowest BCUT2D eigenvalue weighted by atomic mass is 10.1. The lowest BCUT2D eigenvalue weighted by Crippen LogP contribution is -2.49. The number of hydrogen-bond acceptors (Lipinski definition) is 7. The lowest BCUT2D eigenvalue weighted by Gasteiger charge is -2.32. The first-order chi connectivity index (χ1) is 12.2. The second-order valence-corrected chi connectivity index (χ2v) is 6.16. The lowest BCUT2D eigenvalue weighted by molar-refractivity contribution is -0.0132. The van der Waals surface area contributed by atoms with Crippen molar-refractivity contribution in [2.75, 3.05) is 12.8 Å². The predicted octanol–water partition coefficient (Wildman–Crippen LogP) is 2.38. The Morgan fingerprint density at radius 2 is 2.20 bits per heavy atom. The number of aliphatic imine (C=N–C) groups is 3. The summed E-state index contributed by atoms with van der Waals surface area (Å²) in [6, 6.07) is 9.57. The van der Waals surface area contributed by atoms with Gasteiger partial charge in [0.05, 0.1) is 12.5 Å². The Hall–Kier alpha value is -2.37. The SMILES string of the molecule is C=C(NC1=NC=NC2C1N=CN2C(CP=O)OCC)c1ccccc1. The van der Waals surface area contributed by atoms with Gasteiger partial charge in [0.15, 0.2) is 14.6 Å². The molecule has 8 heteroatoms. The Kier molecular flexibility index (Phi) is 5.68. The van der Waals surface area contributed by atoms with E-state index in [-0.39, 0.29) is 26.9 Å². The van der Waals surface area contributed by atoms with Gasteiger partial charge in [-0.2, -0.15) is 0 Å². The fourth-order valence-electron chi connectivity index (χ4n) is 2.77. The Balaban J connectivity index is 1.72. The maximum Gasteiger partial charge on any atom is 0.159 e. The van der Waals surface area contributed by atoms with Crippen LogP contribution in [0.5, 0.6) is 0 Å². The van der Waals surface area contributed by atoms with Crippen LogP contribution < -0.4 is 5.32 Å². The van der Waals surface area contributed by atoms with Gasteiger partial charge in [-0.05, 0) is 12.5 Å². The van der Waals surface area contributed by atoms with Crippen LogP contribution in [0.2, 0.25) is 0 Å². The van der Waals surface area contributed by atoms with Crippen LogP contribution in [-0.2, 0) is 9.30 Å². The molecule has 3 rings (SSSR count). The summed E-state index contributed by atoms with van der Waals surface area (Å²) >= 11 is 0. The van der Waals surface area contributed by atoms with Gasteiger partial charge in [-0.25, -0.2) is 9.98 Å². The van der Waals surface area contributed by atoms with Crippen LogP contribution in [0.1, 0.15) is 12.5 Å². The molecule has 130 valence electrons. The summed E-state index contributed by atoms with van der Waals surface area (Å²) in [5, 5.41) is 3.25. The van der Waals surface area contributed by atoms with Crippen molar-refractivity contribution < 1.29 is 9.30 Å². The number of fused-ring (bicyclic) bond motifs is 1. The molecule has 0 amide bonds. The van der Waals surface area contributed by atoms with Crippen molar-refractivity contribution >= 4 is 32.7 Å². The summed E-state index contributed by atoms with van der Waals surface area (Å²) in [5.41, 5.74) is 1.74. The van der Waals surface area contributed by atoms with Crippen LogP contribution in [0.15, 0.2) is 51.9 Å². The van der Waals surface area contributed by atoms with Crippen molar-refractivity contribution in [2.45, 2.75) is 25.4 Å². The molecule has 2 heterocycles. The van der Waals surface area contributed by atoms with E-state index in [1.165, 1.54) is 6.34 Å². The van der Waals surface area contributed by atoms with E-state index in [1.54, 1.807) is 6.34 Å². The van der Waals surface area contributed by atoms with Crippen molar-refractivity contribution in [3.8, 4) is 0 Å². The van der Waals surface area contributed by atoms with Gasteiger partial charge in [-0.1, -0.05) is 36.9 Å². The smallest absolute Gasteiger partial charge is 0.159 e. The maximum atomic E-state index is 11.0. The maximum absolute atomic E-state index is 11.0. The van der Waals surface area contributed by atoms with Gasteiger partial charge in [-0.3, -0.25) is 9.56 Å². The topological polar surface area (TPSA) is 78.7 Å². The predicted molar refractivity (Wildman–Crippen MR) is 100 cm³/mol. The second kappa shape index (κ2) is 8.14. The van der Waals surface area contributed by atoms with Crippen LogP contribution >= 0.6 is 8.46 Å². The normalized spacial score (nSPS) is 22.6. The molecule has 25 heavy (non-hydrogen) atoms. The first kappa shape index (κ1) is 17.5. The number of rotatable bonds is 7. The Morgan fingerprint density at radius 3 is 2.92 bits per heavy atom. The number of nitrogens with one attached hydrogen (secondary N) is 1. The fraction of sp³-hybridized carbons (Fsp3) is 0.353. The van der Waals surface area contributed by atoms with Crippen LogP contribution in [-0.4, -0.2) is 54.6 Å². The molecule has 0 saturated heterocycles. The van der Waals surface area contributed by atoms with E-state index < -0.39 is 0 Å². The van der Waals surface area contributed by atoms with Gasteiger partial charge in [-0.15, -0.1) is 0 Å². The third-order valence-electron chi connectivity index (χ3n) is 3.97. The molecule has 0 aromatic heterocycles. The van der Waals surface area contributed by atoms with Gasteiger partial charge in [0.1, 0.15) is 24.4 Å².